The maximum absolute atomic E-state index is 13.6. The molecule has 9 nitrogen and oxygen atoms in total. The van der Waals surface area contributed by atoms with Gasteiger partial charge < -0.3 is 25.1 Å². The Morgan fingerprint density at radius 1 is 1.07 bits per heavy atom. The Labute approximate surface area is 240 Å². The normalized spacial score (nSPS) is 11.3. The van der Waals surface area contributed by atoms with Crippen molar-refractivity contribution in [3.05, 3.63) is 94.4 Å². The average Bonchev–Trinajstić information content (AvgIpc) is 3.37. The summed E-state index contributed by atoms with van der Waals surface area (Å²) in [7, 11) is 5.65. The fraction of sp³-hybridized carbons (Fsp3) is 0.200. The van der Waals surface area contributed by atoms with Gasteiger partial charge >= 0.3 is 0 Å². The Hall–Kier alpha value is -4.48. The second-order valence-electron chi connectivity index (χ2n) is 9.93. The molecule has 11 heteroatoms. The number of aryl methyl sites for hydroxylation is 2. The van der Waals surface area contributed by atoms with Gasteiger partial charge in [-0.3, -0.25) is 9.59 Å². The maximum Gasteiger partial charge on any atom is 0.276 e. The van der Waals surface area contributed by atoms with Crippen molar-refractivity contribution in [2.24, 2.45) is 7.05 Å². The number of carbonyl (C=O) groups is 1. The number of imidazole rings is 1. The molecule has 1 amide bonds. The number of H-pyrrole nitrogens is 1. The molecule has 5 aromatic rings. The number of hydrogen-bond acceptors (Lipinski definition) is 7. The molecule has 41 heavy (non-hydrogen) atoms. The molecular formula is C30H30FN7O2S. The smallest absolute Gasteiger partial charge is 0.276 e. The monoisotopic (exact) mass is 571 g/mol. The van der Waals surface area contributed by atoms with Crippen LogP contribution in [-0.2, 0) is 7.05 Å². The van der Waals surface area contributed by atoms with Gasteiger partial charge in [0, 0.05) is 42.0 Å². The molecule has 3 N–H and O–H groups in total. The molecule has 2 heterocycles. The van der Waals surface area contributed by atoms with Crippen LogP contribution in [0.4, 0.5) is 21.5 Å². The number of aromatic amines is 1. The lowest BCUT2D eigenvalue weighted by Crippen LogP contribution is -2.16. The van der Waals surface area contributed by atoms with Crippen LogP contribution in [-0.4, -0.2) is 56.7 Å². The average molecular weight is 572 g/mol. The van der Waals surface area contributed by atoms with E-state index in [9.17, 15) is 14.0 Å². The third-order valence-corrected chi connectivity index (χ3v) is 7.35. The van der Waals surface area contributed by atoms with Crippen molar-refractivity contribution in [3.8, 4) is 11.3 Å². The van der Waals surface area contributed by atoms with Crippen LogP contribution in [0.2, 0.25) is 0 Å². The number of aromatic nitrogens is 4. The van der Waals surface area contributed by atoms with Crippen molar-refractivity contribution < 1.29 is 9.18 Å². The zero-order chi connectivity index (χ0) is 29.1. The van der Waals surface area contributed by atoms with Crippen LogP contribution in [0.1, 0.15) is 16.1 Å². The molecule has 0 saturated carbocycles. The molecule has 0 aliphatic heterocycles. The summed E-state index contributed by atoms with van der Waals surface area (Å²) in [6, 6.07) is 16.9. The van der Waals surface area contributed by atoms with Crippen molar-refractivity contribution in [2.75, 3.05) is 37.0 Å². The number of carbonyl (C=O) groups excluding carboxylic acids is 1. The molecule has 0 fully saturated rings. The Morgan fingerprint density at radius 3 is 2.59 bits per heavy atom. The zero-order valence-corrected chi connectivity index (χ0v) is 24.0. The third-order valence-electron chi connectivity index (χ3n) is 6.50. The molecule has 210 valence electrons. The SMILES string of the molecule is Cc1ccc(NC(=O)c2nc(SCCN(C)C)[nH]c2-c2ccc(F)cc2)cc1Nc1ccc2ncn(C)c(=O)c2c1. The number of amides is 1. The van der Waals surface area contributed by atoms with E-state index in [-0.39, 0.29) is 17.1 Å². The molecule has 0 atom stereocenters. The van der Waals surface area contributed by atoms with Gasteiger partial charge in [0.05, 0.1) is 22.9 Å². The fourth-order valence-electron chi connectivity index (χ4n) is 4.20. The van der Waals surface area contributed by atoms with E-state index in [1.807, 2.05) is 45.3 Å². The minimum atomic E-state index is -0.393. The van der Waals surface area contributed by atoms with Crippen molar-refractivity contribution in [2.45, 2.75) is 12.1 Å². The molecule has 0 aliphatic carbocycles. The Bertz CT molecular complexity index is 1780. The second-order valence-corrected chi connectivity index (χ2v) is 11.0. The van der Waals surface area contributed by atoms with Gasteiger partial charge in [0.25, 0.3) is 11.5 Å². The number of anilines is 3. The summed E-state index contributed by atoms with van der Waals surface area (Å²) in [5, 5.41) is 7.42. The van der Waals surface area contributed by atoms with E-state index in [2.05, 4.69) is 30.5 Å². The molecule has 0 radical (unpaired) electrons. The summed E-state index contributed by atoms with van der Waals surface area (Å²) in [5.41, 5.74) is 4.89. The summed E-state index contributed by atoms with van der Waals surface area (Å²) in [5.74, 6) is 0.0339. The van der Waals surface area contributed by atoms with E-state index in [1.165, 1.54) is 34.8 Å². The third kappa shape index (κ3) is 6.47. The predicted octanol–water partition coefficient (Wildman–Crippen LogP) is 5.42. The van der Waals surface area contributed by atoms with Crippen LogP contribution in [0.25, 0.3) is 22.2 Å². The Kier molecular flexibility index (Phi) is 8.18. The van der Waals surface area contributed by atoms with Gasteiger partial charge in [0.2, 0.25) is 0 Å². The highest BCUT2D eigenvalue weighted by atomic mass is 32.2. The number of hydrogen-bond donors (Lipinski definition) is 3. The van der Waals surface area contributed by atoms with Crippen LogP contribution < -0.4 is 16.2 Å². The lowest BCUT2D eigenvalue weighted by Gasteiger charge is -2.13. The first kappa shape index (κ1) is 28.1. The van der Waals surface area contributed by atoms with Crippen molar-refractivity contribution >= 4 is 45.6 Å². The largest absolute Gasteiger partial charge is 0.355 e. The van der Waals surface area contributed by atoms with Crippen molar-refractivity contribution in [1.29, 1.82) is 0 Å². The molecule has 5 rings (SSSR count). The number of fused-ring (bicyclic) bond motifs is 1. The first-order valence-electron chi connectivity index (χ1n) is 13.0. The standard InChI is InChI=1S/C30H30FN7O2S/c1-18-5-10-22(16-25(18)33-21-11-12-24-23(15-21)29(40)38(4)17-32-24)34-28(39)27-26(19-6-8-20(31)9-7-19)35-30(36-27)41-14-13-37(2)3/h5-12,15-17,33H,13-14H2,1-4H3,(H,34,39)(H,35,36). The highest BCUT2D eigenvalue weighted by Crippen LogP contribution is 2.29. The van der Waals surface area contributed by atoms with Crippen molar-refractivity contribution in [3.63, 3.8) is 0 Å². The van der Waals surface area contributed by atoms with Crippen LogP contribution in [0.15, 0.2) is 76.9 Å². The molecule has 0 unspecified atom stereocenters. The molecule has 0 bridgehead atoms. The van der Waals surface area contributed by atoms with Gasteiger partial charge in [-0.05, 0) is 81.2 Å². The lowest BCUT2D eigenvalue weighted by molar-refractivity contribution is 0.102. The van der Waals surface area contributed by atoms with Gasteiger partial charge in [-0.2, -0.15) is 0 Å². The minimum absolute atomic E-state index is 0.133. The maximum atomic E-state index is 13.6. The number of thioether (sulfide) groups is 1. The van der Waals surface area contributed by atoms with Crippen LogP contribution in [0.3, 0.4) is 0 Å². The van der Waals surface area contributed by atoms with E-state index in [0.717, 1.165) is 29.2 Å². The summed E-state index contributed by atoms with van der Waals surface area (Å²) in [4.78, 5) is 40.2. The molecule has 0 aliphatic rings. The van der Waals surface area contributed by atoms with Gasteiger partial charge in [-0.1, -0.05) is 17.8 Å². The quantitative estimate of drug-likeness (QED) is 0.203. The van der Waals surface area contributed by atoms with E-state index in [1.54, 1.807) is 31.3 Å². The Morgan fingerprint density at radius 2 is 1.83 bits per heavy atom. The van der Waals surface area contributed by atoms with Gasteiger partial charge in [-0.25, -0.2) is 14.4 Å². The van der Waals surface area contributed by atoms with Gasteiger partial charge in [0.15, 0.2) is 10.9 Å². The van der Waals surface area contributed by atoms with E-state index in [4.69, 9.17) is 0 Å². The van der Waals surface area contributed by atoms with Gasteiger partial charge in [0.1, 0.15) is 5.82 Å². The number of rotatable bonds is 9. The fourth-order valence-corrected chi connectivity index (χ4v) is 5.18. The minimum Gasteiger partial charge on any atom is -0.355 e. The summed E-state index contributed by atoms with van der Waals surface area (Å²) in [6.07, 6.45) is 1.50. The van der Waals surface area contributed by atoms with Crippen molar-refractivity contribution in [1.82, 2.24) is 24.4 Å². The predicted molar refractivity (Wildman–Crippen MR) is 163 cm³/mol. The zero-order valence-electron chi connectivity index (χ0n) is 23.2. The first-order chi connectivity index (χ1) is 19.7. The summed E-state index contributed by atoms with van der Waals surface area (Å²) in [6.45, 7) is 2.80. The van der Waals surface area contributed by atoms with E-state index < -0.39 is 5.91 Å². The summed E-state index contributed by atoms with van der Waals surface area (Å²) >= 11 is 1.51. The molecule has 2 aromatic heterocycles. The van der Waals surface area contributed by atoms with Gasteiger partial charge in [-0.15, -0.1) is 0 Å². The number of nitrogens with zero attached hydrogens (tertiary/aromatic N) is 4. The topological polar surface area (TPSA) is 108 Å². The van der Waals surface area contributed by atoms with Crippen LogP contribution >= 0.6 is 11.8 Å². The molecular weight excluding hydrogens is 541 g/mol. The number of nitrogens with one attached hydrogen (secondary N) is 3. The van der Waals surface area contributed by atoms with Crippen LogP contribution in [0.5, 0.6) is 0 Å². The highest BCUT2D eigenvalue weighted by Gasteiger charge is 2.20. The number of benzene rings is 3. The van der Waals surface area contributed by atoms with E-state index >= 15 is 0 Å². The number of halogens is 1. The van der Waals surface area contributed by atoms with Crippen LogP contribution in [0, 0.1) is 12.7 Å². The first-order valence-corrected chi connectivity index (χ1v) is 13.9. The summed E-state index contributed by atoms with van der Waals surface area (Å²) < 4.78 is 15.0. The lowest BCUT2D eigenvalue weighted by atomic mass is 10.1. The molecule has 0 saturated heterocycles. The Balaban J connectivity index is 1.40. The molecule has 3 aromatic carbocycles. The van der Waals surface area contributed by atoms with E-state index in [0.29, 0.717) is 33.0 Å². The molecule has 0 spiro atoms. The second kappa shape index (κ2) is 11.9. The highest BCUT2D eigenvalue weighted by molar-refractivity contribution is 7.99.